The maximum Gasteiger partial charge on any atom is 0.408 e. The molecule has 0 saturated heterocycles. The molecule has 0 heterocycles. The first-order valence-corrected chi connectivity index (χ1v) is 5.07. The van der Waals surface area contributed by atoms with Gasteiger partial charge in [0.2, 0.25) is 0 Å². The summed E-state index contributed by atoms with van der Waals surface area (Å²) in [4.78, 5) is 22.4. The maximum absolute atomic E-state index is 11.4. The predicted octanol–water partition coefficient (Wildman–Crippen LogP) is 0.347. The van der Waals surface area contributed by atoms with Gasteiger partial charge in [-0.05, 0) is 27.2 Å². The summed E-state index contributed by atoms with van der Waals surface area (Å²) in [5.41, 5.74) is -2.02. The lowest BCUT2D eigenvalue weighted by Gasteiger charge is -2.22. The Kier molecular flexibility index (Phi) is 3.14. The molecule has 0 bridgehead atoms. The van der Waals surface area contributed by atoms with Crippen molar-refractivity contribution in [2.75, 3.05) is 6.61 Å². The Balaban J connectivity index is 2.59. The molecule has 0 radical (unpaired) electrons. The van der Waals surface area contributed by atoms with Crippen LogP contribution in [-0.2, 0) is 9.53 Å². The van der Waals surface area contributed by atoms with Gasteiger partial charge in [0.15, 0.2) is 0 Å². The normalized spacial score (nSPS) is 28.4. The Morgan fingerprint density at radius 1 is 1.50 bits per heavy atom. The number of carbonyl (C=O) groups is 2. The molecule has 2 unspecified atom stereocenters. The lowest BCUT2D eigenvalue weighted by atomic mass is 10.2. The van der Waals surface area contributed by atoms with E-state index in [0.717, 1.165) is 0 Å². The van der Waals surface area contributed by atoms with E-state index in [-0.39, 0.29) is 13.0 Å². The lowest BCUT2D eigenvalue weighted by molar-refractivity contribution is -0.141. The van der Waals surface area contributed by atoms with Crippen molar-refractivity contribution in [1.82, 2.24) is 5.32 Å². The number of hydrogen-bond donors (Lipinski definition) is 3. The minimum atomic E-state index is -1.35. The molecule has 1 fully saturated rings. The molecule has 1 aliphatic rings. The van der Waals surface area contributed by atoms with Crippen LogP contribution in [-0.4, -0.2) is 40.0 Å². The molecule has 1 rings (SSSR count). The van der Waals surface area contributed by atoms with Gasteiger partial charge >= 0.3 is 12.1 Å². The Morgan fingerprint density at radius 2 is 2.06 bits per heavy atom. The average molecular weight is 231 g/mol. The molecular formula is C10H17NO5. The molecule has 2 atom stereocenters. The zero-order valence-corrected chi connectivity index (χ0v) is 9.61. The summed E-state index contributed by atoms with van der Waals surface area (Å²) in [5, 5.41) is 20.2. The highest BCUT2D eigenvalue weighted by Gasteiger charge is 2.61. The number of ether oxygens (including phenoxy) is 1. The maximum atomic E-state index is 11.4. The van der Waals surface area contributed by atoms with E-state index in [9.17, 15) is 9.59 Å². The highest BCUT2D eigenvalue weighted by atomic mass is 16.6. The topological polar surface area (TPSA) is 95.9 Å². The molecule has 1 amide bonds. The van der Waals surface area contributed by atoms with E-state index in [4.69, 9.17) is 14.9 Å². The van der Waals surface area contributed by atoms with Crippen molar-refractivity contribution in [2.24, 2.45) is 5.92 Å². The third-order valence-electron chi connectivity index (χ3n) is 2.43. The van der Waals surface area contributed by atoms with Crippen LogP contribution in [0.4, 0.5) is 4.79 Å². The van der Waals surface area contributed by atoms with Crippen LogP contribution in [0.2, 0.25) is 0 Å². The number of aliphatic hydroxyl groups excluding tert-OH is 1. The van der Waals surface area contributed by atoms with Crippen LogP contribution < -0.4 is 5.32 Å². The molecule has 1 saturated carbocycles. The van der Waals surface area contributed by atoms with Crippen molar-refractivity contribution < 1.29 is 24.5 Å². The quantitative estimate of drug-likeness (QED) is 0.651. The van der Waals surface area contributed by atoms with Crippen LogP contribution in [0.25, 0.3) is 0 Å². The summed E-state index contributed by atoms with van der Waals surface area (Å²) in [6.45, 7) is 4.81. The number of carbonyl (C=O) groups excluding carboxylic acids is 1. The smallest absolute Gasteiger partial charge is 0.408 e. The van der Waals surface area contributed by atoms with Gasteiger partial charge in [-0.2, -0.15) is 0 Å². The molecule has 92 valence electrons. The molecule has 0 aromatic rings. The second-order valence-electron chi connectivity index (χ2n) is 4.99. The van der Waals surface area contributed by atoms with Gasteiger partial charge in [0.25, 0.3) is 0 Å². The third-order valence-corrected chi connectivity index (χ3v) is 2.43. The van der Waals surface area contributed by atoms with Gasteiger partial charge < -0.3 is 20.3 Å². The molecule has 6 heteroatoms. The van der Waals surface area contributed by atoms with Crippen molar-refractivity contribution in [3.05, 3.63) is 0 Å². The van der Waals surface area contributed by atoms with Crippen molar-refractivity contribution in [2.45, 2.75) is 38.3 Å². The lowest BCUT2D eigenvalue weighted by Crippen LogP contribution is -2.47. The van der Waals surface area contributed by atoms with Crippen molar-refractivity contribution >= 4 is 12.1 Å². The van der Waals surface area contributed by atoms with Crippen LogP contribution in [0, 0.1) is 5.92 Å². The minimum absolute atomic E-state index is 0.234. The zero-order valence-electron chi connectivity index (χ0n) is 9.61. The summed E-state index contributed by atoms with van der Waals surface area (Å²) in [6, 6.07) is 0. The van der Waals surface area contributed by atoms with E-state index in [0.29, 0.717) is 0 Å². The largest absolute Gasteiger partial charge is 0.479 e. The number of hydrogen-bond acceptors (Lipinski definition) is 4. The molecule has 0 aliphatic heterocycles. The molecule has 1 aliphatic carbocycles. The number of aliphatic hydroxyl groups is 1. The fourth-order valence-corrected chi connectivity index (χ4v) is 1.50. The van der Waals surface area contributed by atoms with Crippen LogP contribution in [0.15, 0.2) is 0 Å². The third kappa shape index (κ3) is 2.63. The Hall–Kier alpha value is -1.30. The summed E-state index contributed by atoms with van der Waals surface area (Å²) in [6.07, 6.45) is -0.538. The standard InChI is InChI=1S/C10H17NO5/c1-9(2,3)16-8(15)11-10(7(13)14)4-6(10)5-12/h6,12H,4-5H2,1-3H3,(H,11,15)(H,13,14). The van der Waals surface area contributed by atoms with Gasteiger partial charge in [0.1, 0.15) is 11.1 Å². The monoisotopic (exact) mass is 231 g/mol. The molecule has 6 nitrogen and oxygen atoms in total. The molecule has 16 heavy (non-hydrogen) atoms. The van der Waals surface area contributed by atoms with Crippen LogP contribution in [0.1, 0.15) is 27.2 Å². The van der Waals surface area contributed by atoms with E-state index in [1.807, 2.05) is 0 Å². The highest BCUT2D eigenvalue weighted by molar-refractivity contribution is 5.88. The first-order valence-electron chi connectivity index (χ1n) is 5.07. The summed E-state index contributed by atoms with van der Waals surface area (Å²) in [5.74, 6) is -1.57. The van der Waals surface area contributed by atoms with Gasteiger partial charge in [0, 0.05) is 12.5 Å². The Labute approximate surface area is 93.6 Å². The molecule has 0 aromatic carbocycles. The van der Waals surface area contributed by atoms with Crippen molar-refractivity contribution in [1.29, 1.82) is 0 Å². The number of amides is 1. The van der Waals surface area contributed by atoms with Gasteiger partial charge in [-0.1, -0.05) is 0 Å². The number of nitrogens with one attached hydrogen (secondary N) is 1. The predicted molar refractivity (Wildman–Crippen MR) is 54.9 cm³/mol. The summed E-state index contributed by atoms with van der Waals surface area (Å²) < 4.78 is 4.96. The number of aliphatic carboxylic acids is 1. The fraction of sp³-hybridized carbons (Fsp3) is 0.800. The summed E-state index contributed by atoms with van der Waals surface area (Å²) in [7, 11) is 0. The fourth-order valence-electron chi connectivity index (χ4n) is 1.50. The van der Waals surface area contributed by atoms with Crippen molar-refractivity contribution in [3.63, 3.8) is 0 Å². The van der Waals surface area contributed by atoms with Crippen LogP contribution in [0.5, 0.6) is 0 Å². The number of carboxylic acids is 1. The second kappa shape index (κ2) is 3.93. The molecule has 3 N–H and O–H groups in total. The number of carboxylic acid groups (broad SMARTS) is 1. The van der Waals surface area contributed by atoms with Crippen LogP contribution >= 0.6 is 0 Å². The number of alkyl carbamates (subject to hydrolysis) is 1. The number of rotatable bonds is 3. The minimum Gasteiger partial charge on any atom is -0.479 e. The summed E-state index contributed by atoms with van der Waals surface area (Å²) >= 11 is 0. The molecule has 0 spiro atoms. The molecule has 0 aromatic heterocycles. The van der Waals surface area contributed by atoms with Crippen molar-refractivity contribution in [3.8, 4) is 0 Å². The van der Waals surface area contributed by atoms with E-state index < -0.39 is 29.1 Å². The Morgan fingerprint density at radius 3 is 2.38 bits per heavy atom. The average Bonchev–Trinajstić information content (AvgIpc) is 2.76. The first kappa shape index (κ1) is 12.8. The van der Waals surface area contributed by atoms with Crippen LogP contribution in [0.3, 0.4) is 0 Å². The molecular weight excluding hydrogens is 214 g/mol. The van der Waals surface area contributed by atoms with Gasteiger partial charge in [-0.25, -0.2) is 9.59 Å². The SMILES string of the molecule is CC(C)(C)OC(=O)NC1(C(=O)O)CC1CO. The highest BCUT2D eigenvalue weighted by Crippen LogP contribution is 2.43. The van der Waals surface area contributed by atoms with E-state index in [1.54, 1.807) is 20.8 Å². The second-order valence-corrected chi connectivity index (χ2v) is 4.99. The van der Waals surface area contributed by atoms with E-state index in [2.05, 4.69) is 5.32 Å². The Bertz CT molecular complexity index is 309. The van der Waals surface area contributed by atoms with Gasteiger partial charge in [0.05, 0.1) is 0 Å². The van der Waals surface area contributed by atoms with Gasteiger partial charge in [-0.15, -0.1) is 0 Å². The first-order chi connectivity index (χ1) is 7.21. The van der Waals surface area contributed by atoms with E-state index in [1.165, 1.54) is 0 Å². The zero-order chi connectivity index (χ0) is 12.6. The van der Waals surface area contributed by atoms with Gasteiger partial charge in [-0.3, -0.25) is 0 Å². The van der Waals surface area contributed by atoms with E-state index >= 15 is 0 Å².